The second-order valence-electron chi connectivity index (χ2n) is 6.05. The van der Waals surface area contributed by atoms with E-state index < -0.39 is 11.7 Å². The molecule has 0 bridgehead atoms. The highest BCUT2D eigenvalue weighted by molar-refractivity contribution is 9.10. The van der Waals surface area contributed by atoms with E-state index in [2.05, 4.69) is 20.9 Å². The summed E-state index contributed by atoms with van der Waals surface area (Å²) in [6.07, 6.45) is -0.714. The number of hydrogen-bond acceptors (Lipinski definition) is 3. The van der Waals surface area contributed by atoms with Crippen LogP contribution in [0.15, 0.2) is 47.2 Å². The van der Waals surface area contributed by atoms with Gasteiger partial charge in [0.25, 0.3) is 0 Å². The molecule has 2 aromatic rings. The van der Waals surface area contributed by atoms with Gasteiger partial charge >= 0.3 is 6.18 Å². The molecule has 1 saturated heterocycles. The summed E-state index contributed by atoms with van der Waals surface area (Å²) in [5.41, 5.74) is -0.390. The topological polar surface area (TPSA) is 42.4 Å². The number of alkyl halides is 3. The van der Waals surface area contributed by atoms with Gasteiger partial charge in [0.2, 0.25) is 5.91 Å². The molecule has 26 heavy (non-hydrogen) atoms. The normalized spacial score (nSPS) is 17.4. The number of carbonyl (C=O) groups excluding carboxylic acids is 1. The lowest BCUT2D eigenvalue weighted by Gasteiger charge is -2.18. The van der Waals surface area contributed by atoms with Crippen LogP contribution in [0.3, 0.4) is 0 Å². The maximum Gasteiger partial charge on any atom is 0.416 e. The van der Waals surface area contributed by atoms with Crippen molar-refractivity contribution in [2.24, 2.45) is 0 Å². The molecule has 1 atom stereocenters. The third-order valence-electron chi connectivity index (χ3n) is 4.14. The predicted octanol–water partition coefficient (Wildman–Crippen LogP) is 4.09. The highest BCUT2D eigenvalue weighted by atomic mass is 79.9. The van der Waals surface area contributed by atoms with Crippen molar-refractivity contribution < 1.29 is 22.7 Å². The smallest absolute Gasteiger partial charge is 0.416 e. The van der Waals surface area contributed by atoms with Gasteiger partial charge in [-0.15, -0.1) is 0 Å². The van der Waals surface area contributed by atoms with Crippen molar-refractivity contribution in [3.63, 3.8) is 0 Å². The van der Waals surface area contributed by atoms with E-state index in [1.807, 2.05) is 0 Å². The molecule has 8 heteroatoms. The second kappa shape index (κ2) is 7.65. The largest absolute Gasteiger partial charge is 0.487 e. The molecule has 0 saturated carbocycles. The summed E-state index contributed by atoms with van der Waals surface area (Å²) in [5.74, 6) is 0.446. The minimum absolute atomic E-state index is 0.0599. The molecule has 1 aliphatic heterocycles. The molecular formula is C18H16BrF3N2O2. The first kappa shape index (κ1) is 18.7. The van der Waals surface area contributed by atoms with E-state index in [9.17, 15) is 18.0 Å². The van der Waals surface area contributed by atoms with Crippen LogP contribution in [0.25, 0.3) is 0 Å². The number of aromatic nitrogens is 1. The molecule has 3 rings (SSSR count). The van der Waals surface area contributed by atoms with Crippen LogP contribution in [0.4, 0.5) is 13.2 Å². The van der Waals surface area contributed by atoms with Crippen LogP contribution >= 0.6 is 15.9 Å². The van der Waals surface area contributed by atoms with Gasteiger partial charge in [-0.2, -0.15) is 13.2 Å². The number of likely N-dealkylation sites (tertiary alicyclic amines) is 1. The Hall–Kier alpha value is -2.09. The van der Waals surface area contributed by atoms with Crippen molar-refractivity contribution in [2.45, 2.75) is 25.1 Å². The average molecular weight is 429 g/mol. The SMILES string of the molecule is O=C(Cc1cccc(C(F)(F)F)c1)N1CCC(Oc2ccncc2Br)C1. The molecule has 0 aliphatic carbocycles. The lowest BCUT2D eigenvalue weighted by molar-refractivity contribution is -0.138. The van der Waals surface area contributed by atoms with Crippen molar-refractivity contribution in [3.8, 4) is 5.75 Å². The molecule has 1 aromatic heterocycles. The first-order chi connectivity index (χ1) is 12.3. The number of amides is 1. The van der Waals surface area contributed by atoms with Gasteiger partial charge in [0.1, 0.15) is 11.9 Å². The Kier molecular flexibility index (Phi) is 5.50. The zero-order valence-corrected chi connectivity index (χ0v) is 15.3. The summed E-state index contributed by atoms with van der Waals surface area (Å²) in [5, 5.41) is 0. The van der Waals surface area contributed by atoms with Crippen molar-refractivity contribution in [1.29, 1.82) is 0 Å². The molecular weight excluding hydrogens is 413 g/mol. The van der Waals surface area contributed by atoms with Crippen LogP contribution in [0, 0.1) is 0 Å². The molecule has 1 unspecified atom stereocenters. The summed E-state index contributed by atoms with van der Waals surface area (Å²) in [4.78, 5) is 18.0. The first-order valence-electron chi connectivity index (χ1n) is 8.03. The fourth-order valence-corrected chi connectivity index (χ4v) is 3.18. The van der Waals surface area contributed by atoms with Gasteiger partial charge in [-0.3, -0.25) is 9.78 Å². The zero-order chi connectivity index (χ0) is 18.7. The van der Waals surface area contributed by atoms with Crippen molar-refractivity contribution in [3.05, 3.63) is 58.3 Å². The number of ether oxygens (including phenoxy) is 1. The summed E-state index contributed by atoms with van der Waals surface area (Å²) < 4.78 is 44.9. The van der Waals surface area contributed by atoms with Crippen molar-refractivity contribution in [1.82, 2.24) is 9.88 Å². The van der Waals surface area contributed by atoms with Crippen LogP contribution in [0.5, 0.6) is 5.75 Å². The van der Waals surface area contributed by atoms with E-state index >= 15 is 0 Å². The van der Waals surface area contributed by atoms with E-state index in [0.29, 0.717) is 30.8 Å². The summed E-state index contributed by atoms with van der Waals surface area (Å²) in [6.45, 7) is 0.928. The highest BCUT2D eigenvalue weighted by Gasteiger charge is 2.31. The Bertz CT molecular complexity index is 798. The second-order valence-corrected chi connectivity index (χ2v) is 6.90. The molecule has 4 nitrogen and oxygen atoms in total. The summed E-state index contributed by atoms with van der Waals surface area (Å²) in [6, 6.07) is 6.61. The molecule has 1 amide bonds. The van der Waals surface area contributed by atoms with E-state index in [1.54, 1.807) is 23.4 Å². The lowest BCUT2D eigenvalue weighted by Crippen LogP contribution is -2.32. The Labute approximate surface area is 157 Å². The molecule has 0 radical (unpaired) electrons. The maximum atomic E-state index is 12.8. The van der Waals surface area contributed by atoms with E-state index in [0.717, 1.165) is 16.6 Å². The Morgan fingerprint density at radius 1 is 1.35 bits per heavy atom. The van der Waals surface area contributed by atoms with E-state index in [-0.39, 0.29) is 18.4 Å². The van der Waals surface area contributed by atoms with Gasteiger partial charge < -0.3 is 9.64 Å². The van der Waals surface area contributed by atoms with Crippen LogP contribution in [-0.4, -0.2) is 35.0 Å². The van der Waals surface area contributed by atoms with E-state index in [4.69, 9.17) is 4.74 Å². The van der Waals surface area contributed by atoms with Gasteiger partial charge in [0.05, 0.1) is 23.0 Å². The number of benzene rings is 1. The van der Waals surface area contributed by atoms with Crippen molar-refractivity contribution in [2.75, 3.05) is 13.1 Å². The quantitative estimate of drug-likeness (QED) is 0.736. The number of halogens is 4. The molecule has 1 aromatic carbocycles. The molecule has 2 heterocycles. The third kappa shape index (κ3) is 4.55. The number of hydrogen-bond donors (Lipinski definition) is 0. The predicted molar refractivity (Wildman–Crippen MR) is 92.7 cm³/mol. The number of carbonyl (C=O) groups is 1. The fraction of sp³-hybridized carbons (Fsp3) is 0.333. The first-order valence-corrected chi connectivity index (χ1v) is 8.82. The Morgan fingerprint density at radius 3 is 2.88 bits per heavy atom. The molecule has 0 N–H and O–H groups in total. The Balaban J connectivity index is 1.59. The average Bonchev–Trinajstić information content (AvgIpc) is 3.05. The molecule has 0 spiro atoms. The maximum absolute atomic E-state index is 12.8. The summed E-state index contributed by atoms with van der Waals surface area (Å²) in [7, 11) is 0. The molecule has 138 valence electrons. The van der Waals surface area contributed by atoms with Gasteiger partial charge in [0.15, 0.2) is 0 Å². The third-order valence-corrected chi connectivity index (χ3v) is 4.73. The minimum atomic E-state index is -4.41. The fourth-order valence-electron chi connectivity index (χ4n) is 2.83. The molecule has 1 fully saturated rings. The standard InChI is InChI=1S/C18H16BrF3N2O2/c19-15-10-23-6-4-16(15)26-14-5-7-24(11-14)17(25)9-12-2-1-3-13(8-12)18(20,21)22/h1-4,6,8,10,14H,5,7,9,11H2. The van der Waals surface area contributed by atoms with Gasteiger partial charge in [0, 0.05) is 25.4 Å². The van der Waals surface area contributed by atoms with Crippen LogP contribution in [-0.2, 0) is 17.4 Å². The molecule has 1 aliphatic rings. The van der Waals surface area contributed by atoms with Crippen LogP contribution in [0.1, 0.15) is 17.5 Å². The van der Waals surface area contributed by atoms with Gasteiger partial charge in [-0.25, -0.2) is 0 Å². The van der Waals surface area contributed by atoms with Gasteiger partial charge in [-0.1, -0.05) is 18.2 Å². The highest BCUT2D eigenvalue weighted by Crippen LogP contribution is 2.30. The number of nitrogens with zero attached hydrogens (tertiary/aromatic N) is 2. The number of pyridine rings is 1. The van der Waals surface area contributed by atoms with E-state index in [1.165, 1.54) is 12.1 Å². The van der Waals surface area contributed by atoms with Crippen LogP contribution in [0.2, 0.25) is 0 Å². The Morgan fingerprint density at radius 2 is 2.15 bits per heavy atom. The minimum Gasteiger partial charge on any atom is -0.487 e. The van der Waals surface area contributed by atoms with Crippen molar-refractivity contribution >= 4 is 21.8 Å². The van der Waals surface area contributed by atoms with Crippen LogP contribution < -0.4 is 4.74 Å². The monoisotopic (exact) mass is 428 g/mol. The zero-order valence-electron chi connectivity index (χ0n) is 13.7. The lowest BCUT2D eigenvalue weighted by atomic mass is 10.1. The summed E-state index contributed by atoms with van der Waals surface area (Å²) >= 11 is 3.35. The number of rotatable bonds is 4. The van der Waals surface area contributed by atoms with Gasteiger partial charge in [-0.05, 0) is 33.6 Å².